The van der Waals surface area contributed by atoms with Crippen molar-refractivity contribution in [1.82, 2.24) is 0 Å². The lowest BCUT2D eigenvalue weighted by Crippen LogP contribution is -2.26. The van der Waals surface area contributed by atoms with Crippen molar-refractivity contribution >= 4 is 10.8 Å². The molecule has 202 valence electrons. The third kappa shape index (κ3) is 6.72. The molecule has 1 aliphatic rings. The van der Waals surface area contributed by atoms with Gasteiger partial charge in [-0.1, -0.05) is 72.3 Å². The van der Waals surface area contributed by atoms with Gasteiger partial charge in [0, 0.05) is 21.9 Å². The van der Waals surface area contributed by atoms with Gasteiger partial charge < -0.3 is 29.2 Å². The third-order valence-corrected chi connectivity index (χ3v) is 6.65. The number of hydrogen-bond acceptors (Lipinski definition) is 6. The smallest absolute Gasteiger partial charge is 0.131 e. The highest BCUT2D eigenvalue weighted by Gasteiger charge is 2.24. The number of hydrogen-bond donors (Lipinski definition) is 2. The van der Waals surface area contributed by atoms with Crippen molar-refractivity contribution < 1.29 is 29.2 Å². The number of aliphatic hydroxyl groups excluding tert-OH is 2. The van der Waals surface area contributed by atoms with E-state index in [1.54, 1.807) is 0 Å². The lowest BCUT2D eigenvalue weighted by molar-refractivity contribution is 0.0616. The number of rotatable bonds is 12. The van der Waals surface area contributed by atoms with Gasteiger partial charge in [-0.2, -0.15) is 0 Å². The third-order valence-electron chi connectivity index (χ3n) is 6.65. The Labute approximate surface area is 229 Å². The molecule has 6 nitrogen and oxygen atoms in total. The van der Waals surface area contributed by atoms with Crippen LogP contribution in [-0.2, 0) is 12.8 Å². The molecule has 0 saturated heterocycles. The minimum absolute atomic E-state index is 0.0989. The summed E-state index contributed by atoms with van der Waals surface area (Å²) in [6, 6.07) is 26.8. The quantitative estimate of drug-likeness (QED) is 0.237. The van der Waals surface area contributed by atoms with Crippen molar-refractivity contribution in [3.05, 3.63) is 108 Å². The minimum Gasteiger partial charge on any atom is -0.491 e. The van der Waals surface area contributed by atoms with Crippen LogP contribution in [0.3, 0.4) is 0 Å². The van der Waals surface area contributed by atoms with E-state index in [0.717, 1.165) is 39.8 Å². The standard InChI is InChI=1S/C33H34O6/c1-23-16-17-30-31(18-23)33(39-22-25(35)20-37-27-12-6-3-7-13-27)29-15-9-8-14-28(29)32(30)38-21-24(34)19-36-26-10-4-2-5-11-26/h2-16,24-25,34-35H,17-22H2,1H3. The first-order valence-corrected chi connectivity index (χ1v) is 13.3. The zero-order chi connectivity index (χ0) is 27.0. The zero-order valence-corrected chi connectivity index (χ0v) is 22.1. The number of ether oxygens (including phenoxy) is 4. The molecule has 0 fully saturated rings. The minimum atomic E-state index is -0.796. The van der Waals surface area contributed by atoms with E-state index in [1.807, 2.05) is 84.9 Å². The van der Waals surface area contributed by atoms with Crippen molar-refractivity contribution in [2.24, 2.45) is 0 Å². The highest BCUT2D eigenvalue weighted by Crippen LogP contribution is 2.44. The molecular weight excluding hydrogens is 492 g/mol. The fraction of sp³-hybridized carbons (Fsp3) is 0.273. The fourth-order valence-corrected chi connectivity index (χ4v) is 4.71. The van der Waals surface area contributed by atoms with Crippen LogP contribution in [0.1, 0.15) is 18.1 Å². The van der Waals surface area contributed by atoms with E-state index in [9.17, 15) is 10.2 Å². The number of fused-ring (bicyclic) bond motifs is 2. The molecule has 1 aliphatic carbocycles. The van der Waals surface area contributed by atoms with E-state index in [4.69, 9.17) is 18.9 Å². The summed E-state index contributed by atoms with van der Waals surface area (Å²) in [5, 5.41) is 23.0. The highest BCUT2D eigenvalue weighted by molar-refractivity contribution is 5.96. The lowest BCUT2D eigenvalue weighted by atomic mass is 9.87. The van der Waals surface area contributed by atoms with Gasteiger partial charge in [-0.15, -0.1) is 0 Å². The molecule has 2 atom stereocenters. The Morgan fingerprint density at radius 2 is 1.03 bits per heavy atom. The van der Waals surface area contributed by atoms with Crippen LogP contribution in [0.15, 0.2) is 96.6 Å². The van der Waals surface area contributed by atoms with Crippen molar-refractivity contribution in [2.45, 2.75) is 32.0 Å². The Kier molecular flexibility index (Phi) is 8.66. The number of allylic oxidation sites excluding steroid dienone is 2. The first-order chi connectivity index (χ1) is 19.1. The Balaban J connectivity index is 1.33. The van der Waals surface area contributed by atoms with Gasteiger partial charge >= 0.3 is 0 Å². The second-order valence-corrected chi connectivity index (χ2v) is 9.77. The van der Waals surface area contributed by atoms with Gasteiger partial charge in [0.2, 0.25) is 0 Å². The molecule has 0 radical (unpaired) electrons. The summed E-state index contributed by atoms with van der Waals surface area (Å²) >= 11 is 0. The molecule has 2 unspecified atom stereocenters. The first kappa shape index (κ1) is 26.6. The van der Waals surface area contributed by atoms with Crippen molar-refractivity contribution in [1.29, 1.82) is 0 Å². The summed E-state index contributed by atoms with van der Waals surface area (Å²) in [4.78, 5) is 0. The Bertz CT molecular complexity index is 1400. The van der Waals surface area contributed by atoms with E-state index in [-0.39, 0.29) is 26.4 Å². The molecule has 0 spiro atoms. The van der Waals surface area contributed by atoms with Crippen LogP contribution >= 0.6 is 0 Å². The van der Waals surface area contributed by atoms with Crippen molar-refractivity contribution in [3.8, 4) is 23.0 Å². The summed E-state index contributed by atoms with van der Waals surface area (Å²) in [5.41, 5.74) is 3.34. The normalized spacial score (nSPS) is 14.2. The summed E-state index contributed by atoms with van der Waals surface area (Å²) in [5.74, 6) is 2.92. The Morgan fingerprint density at radius 3 is 1.54 bits per heavy atom. The van der Waals surface area contributed by atoms with Crippen LogP contribution < -0.4 is 18.9 Å². The summed E-state index contributed by atoms with van der Waals surface area (Å²) in [6.07, 6.45) is 2.04. The van der Waals surface area contributed by atoms with Crippen molar-refractivity contribution in [3.63, 3.8) is 0 Å². The first-order valence-electron chi connectivity index (χ1n) is 13.3. The number of para-hydroxylation sites is 2. The predicted octanol–water partition coefficient (Wildman–Crippen LogP) is 5.52. The van der Waals surface area contributed by atoms with Gasteiger partial charge in [0.25, 0.3) is 0 Å². The van der Waals surface area contributed by atoms with Crippen LogP contribution in [0.2, 0.25) is 0 Å². The molecule has 2 N–H and O–H groups in total. The highest BCUT2D eigenvalue weighted by atomic mass is 16.5. The largest absolute Gasteiger partial charge is 0.491 e. The Hall–Kier alpha value is -4.00. The van der Waals surface area contributed by atoms with Gasteiger partial charge in [-0.3, -0.25) is 0 Å². The molecule has 0 aliphatic heterocycles. The summed E-state index contributed by atoms with van der Waals surface area (Å²) in [7, 11) is 0. The zero-order valence-electron chi connectivity index (χ0n) is 22.1. The second kappa shape index (κ2) is 12.7. The molecule has 4 aromatic rings. The maximum absolute atomic E-state index is 10.6. The molecule has 5 rings (SSSR count). The summed E-state index contributed by atoms with van der Waals surface area (Å²) in [6.45, 7) is 2.57. The van der Waals surface area contributed by atoms with E-state index >= 15 is 0 Å². The number of aliphatic hydroxyl groups is 2. The van der Waals surface area contributed by atoms with Gasteiger partial charge in [-0.05, 0) is 44.0 Å². The number of benzene rings is 4. The molecule has 6 heteroatoms. The average molecular weight is 527 g/mol. The van der Waals surface area contributed by atoms with E-state index < -0.39 is 12.2 Å². The van der Waals surface area contributed by atoms with Gasteiger partial charge in [-0.25, -0.2) is 0 Å². The second-order valence-electron chi connectivity index (χ2n) is 9.77. The van der Waals surface area contributed by atoms with E-state index in [2.05, 4.69) is 13.0 Å². The van der Waals surface area contributed by atoms with Crippen LogP contribution in [0.25, 0.3) is 10.8 Å². The molecule has 4 aromatic carbocycles. The maximum atomic E-state index is 10.6. The summed E-state index contributed by atoms with van der Waals surface area (Å²) < 4.78 is 24.0. The molecular formula is C33H34O6. The molecule has 39 heavy (non-hydrogen) atoms. The van der Waals surface area contributed by atoms with Gasteiger partial charge in [0.05, 0.1) is 0 Å². The lowest BCUT2D eigenvalue weighted by Gasteiger charge is -2.26. The van der Waals surface area contributed by atoms with E-state index in [0.29, 0.717) is 17.9 Å². The average Bonchev–Trinajstić information content (AvgIpc) is 2.97. The fourth-order valence-electron chi connectivity index (χ4n) is 4.71. The SMILES string of the molecule is CC1=CCc2c(c(OCC(O)COc3ccccc3)c3ccccc3c2OCC(O)COc2ccccc2)C1. The Morgan fingerprint density at radius 1 is 0.590 bits per heavy atom. The molecule has 0 saturated carbocycles. The molecule has 0 amide bonds. The molecule has 0 bridgehead atoms. The molecule has 0 heterocycles. The van der Waals surface area contributed by atoms with Crippen LogP contribution in [0.4, 0.5) is 0 Å². The van der Waals surface area contributed by atoms with E-state index in [1.165, 1.54) is 5.57 Å². The van der Waals surface area contributed by atoms with Crippen molar-refractivity contribution in [2.75, 3.05) is 26.4 Å². The van der Waals surface area contributed by atoms with Crippen LogP contribution in [0.5, 0.6) is 23.0 Å². The van der Waals surface area contributed by atoms with Gasteiger partial charge in [0.1, 0.15) is 61.6 Å². The van der Waals surface area contributed by atoms with Crippen LogP contribution in [-0.4, -0.2) is 48.8 Å². The maximum Gasteiger partial charge on any atom is 0.131 e. The predicted molar refractivity (Wildman–Crippen MR) is 152 cm³/mol. The monoisotopic (exact) mass is 526 g/mol. The molecule has 0 aromatic heterocycles. The van der Waals surface area contributed by atoms with Gasteiger partial charge in [0.15, 0.2) is 0 Å². The topological polar surface area (TPSA) is 77.4 Å². The van der Waals surface area contributed by atoms with Crippen LogP contribution in [0, 0.1) is 0 Å².